The summed E-state index contributed by atoms with van der Waals surface area (Å²) in [6.07, 6.45) is 0.705. The van der Waals surface area contributed by atoms with Gasteiger partial charge in [-0.2, -0.15) is 0 Å². The van der Waals surface area contributed by atoms with Crippen LogP contribution in [0.1, 0.15) is 49.2 Å². The van der Waals surface area contributed by atoms with Crippen LogP contribution in [0.5, 0.6) is 0 Å². The van der Waals surface area contributed by atoms with Gasteiger partial charge in [0.2, 0.25) is 10.0 Å². The number of carbonyl (C=O) groups excluding carboxylic acids is 1. The van der Waals surface area contributed by atoms with Crippen molar-refractivity contribution in [1.82, 2.24) is 10.0 Å². The Morgan fingerprint density at radius 3 is 2.16 bits per heavy atom. The van der Waals surface area contributed by atoms with Crippen molar-refractivity contribution in [3.05, 3.63) is 65.7 Å². The molecule has 2 N–H and O–H groups in total. The molecule has 0 fully saturated rings. The third kappa shape index (κ3) is 5.14. The Morgan fingerprint density at radius 1 is 1.00 bits per heavy atom. The Morgan fingerprint density at radius 2 is 1.60 bits per heavy atom. The van der Waals surface area contributed by atoms with Gasteiger partial charge in [-0.05, 0) is 50.1 Å². The van der Waals surface area contributed by atoms with Crippen LogP contribution in [0.15, 0.2) is 59.5 Å². The lowest BCUT2D eigenvalue weighted by Gasteiger charge is -2.15. The highest BCUT2D eigenvalue weighted by molar-refractivity contribution is 7.89. The molecule has 0 aliphatic heterocycles. The molecule has 2 aromatic carbocycles. The molecule has 0 saturated carbocycles. The fourth-order valence-electron chi connectivity index (χ4n) is 2.31. The molecule has 134 valence electrons. The topological polar surface area (TPSA) is 75.3 Å². The van der Waals surface area contributed by atoms with Gasteiger partial charge in [0.1, 0.15) is 0 Å². The van der Waals surface area contributed by atoms with E-state index in [1.165, 1.54) is 24.3 Å². The summed E-state index contributed by atoms with van der Waals surface area (Å²) in [4.78, 5) is 12.5. The van der Waals surface area contributed by atoms with E-state index in [0.29, 0.717) is 12.0 Å². The molecule has 2 aromatic rings. The molecular formula is C19H24N2O3S. The van der Waals surface area contributed by atoms with Crippen molar-refractivity contribution in [2.45, 2.75) is 44.2 Å². The van der Waals surface area contributed by atoms with Crippen molar-refractivity contribution < 1.29 is 13.2 Å². The van der Waals surface area contributed by atoms with Crippen molar-refractivity contribution in [3.63, 3.8) is 0 Å². The summed E-state index contributed by atoms with van der Waals surface area (Å²) in [5.74, 6) is -0.241. The minimum atomic E-state index is -3.56. The predicted octanol–water partition coefficient (Wildman–Crippen LogP) is 3.25. The molecule has 5 nitrogen and oxygen atoms in total. The Hall–Kier alpha value is -2.18. The van der Waals surface area contributed by atoms with Gasteiger partial charge in [0.25, 0.3) is 5.91 Å². The van der Waals surface area contributed by atoms with Gasteiger partial charge in [0, 0.05) is 11.6 Å². The van der Waals surface area contributed by atoms with E-state index in [1.807, 2.05) is 51.1 Å². The highest BCUT2D eigenvalue weighted by Gasteiger charge is 2.17. The van der Waals surface area contributed by atoms with E-state index in [0.717, 1.165) is 5.56 Å². The predicted molar refractivity (Wildman–Crippen MR) is 98.8 cm³/mol. The van der Waals surface area contributed by atoms with Gasteiger partial charge in [-0.3, -0.25) is 4.79 Å². The van der Waals surface area contributed by atoms with Gasteiger partial charge in [-0.1, -0.05) is 37.3 Å². The third-order valence-corrected chi connectivity index (χ3v) is 5.65. The number of amides is 1. The molecule has 25 heavy (non-hydrogen) atoms. The summed E-state index contributed by atoms with van der Waals surface area (Å²) in [5, 5.41) is 2.91. The fourth-order valence-corrected chi connectivity index (χ4v) is 3.63. The molecule has 0 unspecified atom stereocenters. The molecule has 0 heterocycles. The van der Waals surface area contributed by atoms with E-state index < -0.39 is 10.0 Å². The maximum Gasteiger partial charge on any atom is 0.251 e. The molecule has 0 radical (unpaired) electrons. The number of benzene rings is 2. The van der Waals surface area contributed by atoms with Crippen LogP contribution in [0.3, 0.4) is 0 Å². The molecule has 0 bridgehead atoms. The van der Waals surface area contributed by atoms with Gasteiger partial charge in [-0.25, -0.2) is 13.1 Å². The summed E-state index contributed by atoms with van der Waals surface area (Å²) in [6, 6.07) is 15.3. The fraction of sp³-hybridized carbons (Fsp3) is 0.316. The van der Waals surface area contributed by atoms with E-state index in [-0.39, 0.29) is 22.9 Å². The van der Waals surface area contributed by atoms with Crippen LogP contribution >= 0.6 is 0 Å². The minimum Gasteiger partial charge on any atom is -0.346 e. The summed E-state index contributed by atoms with van der Waals surface area (Å²) >= 11 is 0. The van der Waals surface area contributed by atoms with Crippen molar-refractivity contribution in [1.29, 1.82) is 0 Å². The largest absolute Gasteiger partial charge is 0.346 e. The number of rotatable bonds is 7. The zero-order valence-electron chi connectivity index (χ0n) is 14.7. The summed E-state index contributed by atoms with van der Waals surface area (Å²) in [5.41, 5.74) is 1.43. The Kier molecular flexibility index (Phi) is 6.33. The summed E-state index contributed by atoms with van der Waals surface area (Å²) in [6.45, 7) is 5.63. The average molecular weight is 360 g/mol. The standard InChI is InChI=1S/C19H24N2O3S/c1-4-14(2)21-25(23,24)18-12-10-17(11-13-18)19(22)20-15(3)16-8-6-5-7-9-16/h5-15,21H,4H2,1-3H3,(H,20,22)/t14-,15+/m1/s1. The van der Waals surface area contributed by atoms with Crippen LogP contribution < -0.4 is 10.0 Å². The van der Waals surface area contributed by atoms with Crippen molar-refractivity contribution in [2.24, 2.45) is 0 Å². The second-order valence-electron chi connectivity index (χ2n) is 6.06. The molecule has 2 rings (SSSR count). The first kappa shape index (κ1) is 19.1. The minimum absolute atomic E-state index is 0.135. The second kappa shape index (κ2) is 8.27. The van der Waals surface area contributed by atoms with E-state index in [2.05, 4.69) is 10.0 Å². The van der Waals surface area contributed by atoms with Crippen LogP contribution in [-0.4, -0.2) is 20.4 Å². The lowest BCUT2D eigenvalue weighted by Crippen LogP contribution is -2.32. The molecule has 0 aliphatic carbocycles. The maximum absolute atomic E-state index is 12.3. The summed E-state index contributed by atoms with van der Waals surface area (Å²) in [7, 11) is -3.56. The smallest absolute Gasteiger partial charge is 0.251 e. The quantitative estimate of drug-likeness (QED) is 0.796. The molecule has 0 aromatic heterocycles. The number of hydrogen-bond acceptors (Lipinski definition) is 3. The highest BCUT2D eigenvalue weighted by atomic mass is 32.2. The third-order valence-electron chi connectivity index (χ3n) is 4.04. The number of carbonyl (C=O) groups is 1. The lowest BCUT2D eigenvalue weighted by molar-refractivity contribution is 0.0940. The Labute approximate surface area is 149 Å². The average Bonchev–Trinajstić information content (AvgIpc) is 2.62. The normalized spacial score (nSPS) is 13.9. The second-order valence-corrected chi connectivity index (χ2v) is 7.77. The maximum atomic E-state index is 12.3. The summed E-state index contributed by atoms with van der Waals surface area (Å²) < 4.78 is 27.1. The molecular weight excluding hydrogens is 336 g/mol. The van der Waals surface area contributed by atoms with E-state index in [1.54, 1.807) is 0 Å². The van der Waals surface area contributed by atoms with Crippen LogP contribution in [0, 0.1) is 0 Å². The van der Waals surface area contributed by atoms with Crippen LogP contribution in [-0.2, 0) is 10.0 Å². The van der Waals surface area contributed by atoms with Gasteiger partial charge >= 0.3 is 0 Å². The SMILES string of the molecule is CC[C@@H](C)NS(=O)(=O)c1ccc(C(=O)N[C@@H](C)c2ccccc2)cc1. The molecule has 2 atom stereocenters. The highest BCUT2D eigenvalue weighted by Crippen LogP contribution is 2.15. The zero-order chi connectivity index (χ0) is 18.4. The van der Waals surface area contributed by atoms with Gasteiger partial charge < -0.3 is 5.32 Å². The molecule has 0 spiro atoms. The monoisotopic (exact) mass is 360 g/mol. The molecule has 6 heteroatoms. The van der Waals surface area contributed by atoms with Crippen LogP contribution in [0.25, 0.3) is 0 Å². The first-order chi connectivity index (χ1) is 11.8. The van der Waals surface area contributed by atoms with Crippen LogP contribution in [0.2, 0.25) is 0 Å². The number of hydrogen-bond donors (Lipinski definition) is 2. The Bertz CT molecular complexity index is 802. The first-order valence-corrected chi connectivity index (χ1v) is 9.80. The first-order valence-electron chi connectivity index (χ1n) is 8.31. The lowest BCUT2D eigenvalue weighted by atomic mass is 10.1. The molecule has 0 aliphatic rings. The molecule has 1 amide bonds. The van der Waals surface area contributed by atoms with Crippen LogP contribution in [0.4, 0.5) is 0 Å². The Balaban J connectivity index is 2.08. The molecule has 0 saturated heterocycles. The zero-order valence-corrected chi connectivity index (χ0v) is 15.5. The van der Waals surface area contributed by atoms with Crippen molar-refractivity contribution in [2.75, 3.05) is 0 Å². The van der Waals surface area contributed by atoms with Gasteiger partial charge in [0.15, 0.2) is 0 Å². The van der Waals surface area contributed by atoms with Gasteiger partial charge in [0.05, 0.1) is 10.9 Å². The van der Waals surface area contributed by atoms with E-state index >= 15 is 0 Å². The number of sulfonamides is 1. The van der Waals surface area contributed by atoms with E-state index in [4.69, 9.17) is 0 Å². The number of nitrogens with one attached hydrogen (secondary N) is 2. The van der Waals surface area contributed by atoms with Crippen molar-refractivity contribution >= 4 is 15.9 Å². The van der Waals surface area contributed by atoms with E-state index in [9.17, 15) is 13.2 Å². The van der Waals surface area contributed by atoms with Gasteiger partial charge in [-0.15, -0.1) is 0 Å². The van der Waals surface area contributed by atoms with Crippen molar-refractivity contribution in [3.8, 4) is 0 Å².